The summed E-state index contributed by atoms with van der Waals surface area (Å²) in [6, 6.07) is 10.9. The molecular weight excluding hydrogens is 372 g/mol. The van der Waals surface area contributed by atoms with Crippen LogP contribution in [0.3, 0.4) is 0 Å². The largest absolute Gasteiger partial charge is 0.504 e. The monoisotopic (exact) mass is 402 g/mol. The molecule has 29 heavy (non-hydrogen) atoms. The molecule has 0 heterocycles. The van der Waals surface area contributed by atoms with Crippen molar-refractivity contribution in [1.29, 1.82) is 0 Å². The molecule has 0 aromatic heterocycles. The van der Waals surface area contributed by atoms with Crippen molar-refractivity contribution < 1.29 is 28.8 Å². The summed E-state index contributed by atoms with van der Waals surface area (Å²) in [4.78, 5) is 11.8. The van der Waals surface area contributed by atoms with Gasteiger partial charge in [0.05, 0.1) is 21.3 Å². The number of hydrogen-bond acceptors (Lipinski definition) is 6. The van der Waals surface area contributed by atoms with Crippen LogP contribution in [0, 0.1) is 11.8 Å². The van der Waals surface area contributed by atoms with E-state index in [9.17, 15) is 9.90 Å². The number of phenols is 1. The lowest BCUT2D eigenvalue weighted by Crippen LogP contribution is -2.23. The predicted molar refractivity (Wildman–Crippen MR) is 111 cm³/mol. The molecule has 0 aliphatic rings. The lowest BCUT2D eigenvalue weighted by molar-refractivity contribution is -0.150. The number of phenolic OH excluding ortho intramolecular Hbond substituents is 1. The van der Waals surface area contributed by atoms with Gasteiger partial charge in [0.1, 0.15) is 6.10 Å². The van der Waals surface area contributed by atoms with Crippen LogP contribution in [0.25, 0.3) is 0 Å². The minimum Gasteiger partial charge on any atom is -0.504 e. The van der Waals surface area contributed by atoms with E-state index in [4.69, 9.17) is 18.9 Å². The lowest BCUT2D eigenvalue weighted by atomic mass is 9.83. The van der Waals surface area contributed by atoms with Crippen molar-refractivity contribution in [3.05, 3.63) is 47.5 Å². The highest BCUT2D eigenvalue weighted by Gasteiger charge is 2.28. The Labute approximate surface area is 172 Å². The number of ether oxygens (including phenoxy) is 4. The molecule has 0 aliphatic carbocycles. The van der Waals surface area contributed by atoms with Gasteiger partial charge in [0.15, 0.2) is 23.0 Å². The molecule has 0 amide bonds. The van der Waals surface area contributed by atoms with Gasteiger partial charge in [-0.2, -0.15) is 0 Å². The second-order valence-corrected chi connectivity index (χ2v) is 7.19. The number of aromatic hydroxyl groups is 1. The molecule has 3 unspecified atom stereocenters. The first-order chi connectivity index (χ1) is 13.8. The van der Waals surface area contributed by atoms with E-state index in [0.717, 1.165) is 17.5 Å². The van der Waals surface area contributed by atoms with Gasteiger partial charge in [-0.3, -0.25) is 4.79 Å². The van der Waals surface area contributed by atoms with E-state index in [1.165, 1.54) is 14.0 Å². The molecule has 0 saturated carbocycles. The van der Waals surface area contributed by atoms with Gasteiger partial charge in [-0.1, -0.05) is 26.0 Å². The number of carbonyl (C=O) groups excluding carboxylic acids is 1. The fourth-order valence-electron chi connectivity index (χ4n) is 3.39. The fraction of sp³-hybridized carbons (Fsp3) is 0.435. The summed E-state index contributed by atoms with van der Waals surface area (Å²) >= 11 is 0. The average molecular weight is 402 g/mol. The Hall–Kier alpha value is -2.89. The first kappa shape index (κ1) is 22.4. The topological polar surface area (TPSA) is 74.2 Å². The SMILES string of the molecule is COc1cc(CC(C)C(C)C(OC(C)=O)c2ccc(OC)c(OC)c2)ccc1O. The Bertz CT molecular complexity index is 832. The van der Waals surface area contributed by atoms with Gasteiger partial charge >= 0.3 is 5.97 Å². The molecule has 0 bridgehead atoms. The van der Waals surface area contributed by atoms with Crippen molar-refractivity contribution in [2.75, 3.05) is 21.3 Å². The number of methoxy groups -OCH3 is 3. The molecular formula is C23H30O6. The zero-order valence-corrected chi connectivity index (χ0v) is 17.9. The quantitative estimate of drug-likeness (QED) is 0.621. The van der Waals surface area contributed by atoms with Crippen LogP contribution in [-0.4, -0.2) is 32.4 Å². The zero-order chi connectivity index (χ0) is 21.6. The third-order valence-electron chi connectivity index (χ3n) is 5.21. The molecule has 0 aliphatic heterocycles. The summed E-state index contributed by atoms with van der Waals surface area (Å²) in [5.41, 5.74) is 1.88. The Kier molecular flexibility index (Phi) is 7.76. The number of rotatable bonds is 9. The van der Waals surface area contributed by atoms with Crippen LogP contribution >= 0.6 is 0 Å². The second-order valence-electron chi connectivity index (χ2n) is 7.19. The van der Waals surface area contributed by atoms with Crippen LogP contribution in [0.4, 0.5) is 0 Å². The highest BCUT2D eigenvalue weighted by Crippen LogP contribution is 2.38. The first-order valence-electron chi connectivity index (χ1n) is 9.55. The third kappa shape index (κ3) is 5.56. The van der Waals surface area contributed by atoms with Crippen LogP contribution in [0.2, 0.25) is 0 Å². The molecule has 2 aromatic carbocycles. The molecule has 3 atom stereocenters. The molecule has 0 fully saturated rings. The van der Waals surface area contributed by atoms with Gasteiger partial charge in [-0.15, -0.1) is 0 Å². The minimum absolute atomic E-state index is 0.0248. The van der Waals surface area contributed by atoms with Crippen molar-refractivity contribution in [3.63, 3.8) is 0 Å². The van der Waals surface area contributed by atoms with E-state index in [1.807, 2.05) is 30.3 Å². The predicted octanol–water partition coefficient (Wildman–Crippen LogP) is 4.54. The summed E-state index contributed by atoms with van der Waals surface area (Å²) < 4.78 is 21.6. The summed E-state index contributed by atoms with van der Waals surface area (Å²) in [5.74, 6) is 1.63. The fourth-order valence-corrected chi connectivity index (χ4v) is 3.39. The molecule has 0 spiro atoms. The maximum Gasteiger partial charge on any atom is 0.303 e. The standard InChI is InChI=1S/C23H30O6/c1-14(11-17-7-9-19(25)21(12-17)27-5)15(2)23(29-16(3)24)18-8-10-20(26-4)22(13-18)28-6/h7-10,12-15,23,25H,11H2,1-6H3. The van der Waals surface area contributed by atoms with E-state index < -0.39 is 6.10 Å². The molecule has 1 N–H and O–H groups in total. The van der Waals surface area contributed by atoms with Crippen LogP contribution < -0.4 is 14.2 Å². The van der Waals surface area contributed by atoms with E-state index in [0.29, 0.717) is 17.2 Å². The molecule has 2 aromatic rings. The summed E-state index contributed by atoms with van der Waals surface area (Å²) in [5, 5.41) is 9.80. The smallest absolute Gasteiger partial charge is 0.303 e. The highest BCUT2D eigenvalue weighted by molar-refractivity contribution is 5.66. The Morgan fingerprint density at radius 3 is 2.17 bits per heavy atom. The van der Waals surface area contributed by atoms with Gasteiger partial charge in [0.25, 0.3) is 0 Å². The Balaban J connectivity index is 2.28. The molecule has 2 rings (SSSR count). The highest BCUT2D eigenvalue weighted by atomic mass is 16.5. The third-order valence-corrected chi connectivity index (χ3v) is 5.21. The van der Waals surface area contributed by atoms with Crippen LogP contribution in [0.1, 0.15) is 38.0 Å². The zero-order valence-electron chi connectivity index (χ0n) is 17.9. The van der Waals surface area contributed by atoms with Gasteiger partial charge in [-0.05, 0) is 47.7 Å². The Morgan fingerprint density at radius 1 is 0.931 bits per heavy atom. The van der Waals surface area contributed by atoms with Gasteiger partial charge in [0.2, 0.25) is 0 Å². The van der Waals surface area contributed by atoms with Crippen LogP contribution in [-0.2, 0) is 16.0 Å². The van der Waals surface area contributed by atoms with E-state index in [-0.39, 0.29) is 23.6 Å². The minimum atomic E-state index is -0.429. The van der Waals surface area contributed by atoms with Crippen molar-refractivity contribution >= 4 is 5.97 Å². The molecule has 6 heteroatoms. The van der Waals surface area contributed by atoms with Crippen LogP contribution in [0.15, 0.2) is 36.4 Å². The molecule has 0 radical (unpaired) electrons. The summed E-state index contributed by atoms with van der Waals surface area (Å²) in [6.45, 7) is 5.59. The number of hydrogen-bond donors (Lipinski definition) is 1. The van der Waals surface area contributed by atoms with Gasteiger partial charge in [-0.25, -0.2) is 0 Å². The summed E-state index contributed by atoms with van der Waals surface area (Å²) in [7, 11) is 4.68. The lowest BCUT2D eigenvalue weighted by Gasteiger charge is -2.29. The second kappa shape index (κ2) is 10.0. The molecule has 6 nitrogen and oxygen atoms in total. The van der Waals surface area contributed by atoms with Crippen LogP contribution in [0.5, 0.6) is 23.0 Å². The molecule has 0 saturated heterocycles. The van der Waals surface area contributed by atoms with Crippen molar-refractivity contribution in [3.8, 4) is 23.0 Å². The van der Waals surface area contributed by atoms with E-state index in [2.05, 4.69) is 13.8 Å². The van der Waals surface area contributed by atoms with Crippen molar-refractivity contribution in [1.82, 2.24) is 0 Å². The molecule has 158 valence electrons. The normalized spacial score (nSPS) is 13.9. The number of esters is 1. The Morgan fingerprint density at radius 2 is 1.59 bits per heavy atom. The number of carbonyl (C=O) groups is 1. The summed E-state index contributed by atoms with van der Waals surface area (Å²) in [6.07, 6.45) is 0.310. The van der Waals surface area contributed by atoms with Gasteiger partial charge in [0, 0.05) is 12.8 Å². The first-order valence-corrected chi connectivity index (χ1v) is 9.55. The van der Waals surface area contributed by atoms with E-state index >= 15 is 0 Å². The number of benzene rings is 2. The maximum atomic E-state index is 11.8. The van der Waals surface area contributed by atoms with Crippen molar-refractivity contribution in [2.45, 2.75) is 33.3 Å². The van der Waals surface area contributed by atoms with Gasteiger partial charge < -0.3 is 24.1 Å². The van der Waals surface area contributed by atoms with E-state index in [1.54, 1.807) is 20.3 Å². The van der Waals surface area contributed by atoms with Crippen molar-refractivity contribution in [2.24, 2.45) is 11.8 Å². The maximum absolute atomic E-state index is 11.8. The average Bonchev–Trinajstić information content (AvgIpc) is 2.72.